The summed E-state index contributed by atoms with van der Waals surface area (Å²) in [7, 11) is 0. The Kier molecular flexibility index (Phi) is 9.54. The highest BCUT2D eigenvalue weighted by molar-refractivity contribution is 6.17. The molecule has 0 aliphatic heterocycles. The van der Waals surface area contributed by atoms with E-state index in [1.807, 2.05) is 54.7 Å². The molecule has 0 N–H and O–H groups in total. The maximum Gasteiger partial charge on any atom is 0.162 e. The predicted octanol–water partition coefficient (Wildman–Crippen LogP) is 18.8. The first-order valence-electron chi connectivity index (χ1n) is 26.7. The van der Waals surface area contributed by atoms with Crippen molar-refractivity contribution < 1.29 is 8.83 Å². The Morgan fingerprint density at radius 3 is 1.25 bits per heavy atom. The number of hydrogen-bond acceptors (Lipinski definition) is 8. The average molecular weight is 1020 g/mol. The van der Waals surface area contributed by atoms with Crippen molar-refractivity contribution in [3.05, 3.63) is 243 Å². The number of hydrogen-bond donors (Lipinski definition) is 0. The van der Waals surface area contributed by atoms with Crippen molar-refractivity contribution in [1.29, 1.82) is 0 Å². The third kappa shape index (κ3) is 6.95. The Morgan fingerprint density at radius 2 is 0.675 bits per heavy atom. The summed E-state index contributed by atoms with van der Waals surface area (Å²) in [4.78, 5) is 31.2. The first kappa shape index (κ1) is 44.2. The van der Waals surface area contributed by atoms with Gasteiger partial charge in [0.05, 0.1) is 50.2 Å². The summed E-state index contributed by atoms with van der Waals surface area (Å²) < 4.78 is 13.3. The quantitative estimate of drug-likeness (QED) is 0.152. The molecule has 370 valence electrons. The van der Waals surface area contributed by atoms with Gasteiger partial charge in [-0.3, -0.25) is 4.98 Å². The highest BCUT2D eigenvalue weighted by atomic mass is 16.3. The van der Waals surface area contributed by atoms with Crippen LogP contribution >= 0.6 is 0 Å². The number of para-hydroxylation sites is 3. The van der Waals surface area contributed by atoms with Gasteiger partial charge in [0.15, 0.2) is 11.2 Å². The summed E-state index contributed by atoms with van der Waals surface area (Å²) in [6, 6.07) is 82.1. The van der Waals surface area contributed by atoms with Gasteiger partial charge in [-0.1, -0.05) is 158 Å². The zero-order valence-corrected chi connectivity index (χ0v) is 42.6. The topological polar surface area (TPSA) is 104 Å². The fourth-order valence-electron chi connectivity index (χ4n) is 12.0. The van der Waals surface area contributed by atoms with Crippen LogP contribution in [0.25, 0.3) is 177 Å². The lowest BCUT2D eigenvalue weighted by molar-refractivity contribution is 0.669. The molecule has 0 amide bonds. The molecule has 0 spiro atoms. The molecule has 0 aliphatic carbocycles. The predicted molar refractivity (Wildman–Crippen MR) is 325 cm³/mol. The smallest absolute Gasteiger partial charge is 0.162 e. The Balaban J connectivity index is 0.751. The van der Waals surface area contributed by atoms with Gasteiger partial charge in [0.25, 0.3) is 0 Å². The number of benzene rings is 9. The molecule has 0 atom stereocenters. The summed E-state index contributed by atoms with van der Waals surface area (Å²) >= 11 is 0. The summed E-state index contributed by atoms with van der Waals surface area (Å²) in [5.74, 6) is 0. The number of rotatable bonds is 6. The second-order valence-electron chi connectivity index (χ2n) is 20.5. The molecule has 80 heavy (non-hydrogen) atoms. The van der Waals surface area contributed by atoms with Gasteiger partial charge in [-0.15, -0.1) is 0 Å². The summed E-state index contributed by atoms with van der Waals surface area (Å²) in [6.07, 6.45) is 1.83. The number of fused-ring (bicyclic) bond motifs is 14. The van der Waals surface area contributed by atoms with Crippen LogP contribution in [0.1, 0.15) is 0 Å². The van der Waals surface area contributed by atoms with Crippen molar-refractivity contribution in [1.82, 2.24) is 29.9 Å². The largest absolute Gasteiger partial charge is 0.454 e. The van der Waals surface area contributed by atoms with E-state index >= 15 is 0 Å². The van der Waals surface area contributed by atoms with Crippen LogP contribution in [-0.2, 0) is 0 Å². The third-order valence-electron chi connectivity index (χ3n) is 15.8. The molecular weight excluding hydrogens is 981 g/mol. The van der Waals surface area contributed by atoms with Crippen molar-refractivity contribution >= 4 is 110 Å². The molecule has 8 heteroatoms. The fraction of sp³-hybridized carbons (Fsp3) is 0. The Labute approximate surface area is 455 Å². The average Bonchev–Trinajstić information content (AvgIpc) is 4.18. The number of nitrogens with zero attached hydrogens (tertiary/aromatic N) is 6. The minimum absolute atomic E-state index is 0.751. The van der Waals surface area contributed by atoms with Crippen LogP contribution in [0.3, 0.4) is 0 Å². The molecule has 8 heterocycles. The van der Waals surface area contributed by atoms with Gasteiger partial charge in [-0.05, 0) is 101 Å². The maximum absolute atomic E-state index is 6.72. The molecule has 0 saturated carbocycles. The molecule has 0 bridgehead atoms. The molecule has 0 unspecified atom stereocenters. The van der Waals surface area contributed by atoms with E-state index in [0.29, 0.717) is 0 Å². The van der Waals surface area contributed by atoms with Crippen molar-refractivity contribution in [2.24, 2.45) is 0 Å². The molecular formula is C72H40N6O2. The van der Waals surface area contributed by atoms with Crippen LogP contribution in [0.2, 0.25) is 0 Å². The van der Waals surface area contributed by atoms with E-state index in [2.05, 4.69) is 188 Å². The zero-order valence-electron chi connectivity index (χ0n) is 42.6. The summed E-state index contributed by atoms with van der Waals surface area (Å²) in [5, 5.41) is 8.15. The molecule has 8 nitrogen and oxygen atoms in total. The van der Waals surface area contributed by atoms with Gasteiger partial charge < -0.3 is 8.83 Å². The highest BCUT2D eigenvalue weighted by Crippen LogP contribution is 2.44. The Morgan fingerprint density at radius 1 is 0.250 bits per heavy atom. The highest BCUT2D eigenvalue weighted by Gasteiger charge is 2.22. The van der Waals surface area contributed by atoms with Gasteiger partial charge in [0.1, 0.15) is 22.2 Å². The molecule has 0 fully saturated rings. The first-order chi connectivity index (χ1) is 39.6. The summed E-state index contributed by atoms with van der Waals surface area (Å²) in [5.41, 5.74) is 21.8. The Bertz CT molecular complexity index is 5470. The molecule has 0 radical (unpaired) electrons. The van der Waals surface area contributed by atoms with Gasteiger partial charge in [-0.25, -0.2) is 24.9 Å². The van der Waals surface area contributed by atoms with Crippen LogP contribution < -0.4 is 0 Å². The Hall–Kier alpha value is -11.0. The molecule has 17 rings (SSSR count). The van der Waals surface area contributed by atoms with Crippen molar-refractivity contribution in [3.8, 4) is 67.2 Å². The van der Waals surface area contributed by atoms with E-state index in [4.69, 9.17) is 38.7 Å². The lowest BCUT2D eigenvalue weighted by Crippen LogP contribution is -1.92. The molecule has 17 aromatic rings. The van der Waals surface area contributed by atoms with Gasteiger partial charge >= 0.3 is 0 Å². The van der Waals surface area contributed by atoms with Crippen LogP contribution in [0.15, 0.2) is 252 Å². The lowest BCUT2D eigenvalue weighted by Gasteiger charge is -2.12. The molecule has 0 saturated heterocycles. The minimum atomic E-state index is 0.751. The number of aromatic nitrogens is 6. The fourth-order valence-corrected chi connectivity index (χ4v) is 12.0. The standard InChI is InChI=1S/C72H40N6O2/c1-4-21-59-52(18-1)63(71-69(77-59)54-19-2-5-22-61(54)79-71)50-15-8-14-49(38-50)58-35-31-44-27-26-43-30-34-56(75-67(43)68(44)76-58)47-12-7-11-45(37-47)46-28-32-53-60(40-46)78-70-55-20-3-6-23-62(55)80-72(70)64(53)51-16-9-13-48(39-51)57-33-29-42-25-24-41-17-10-36-73-65(41)66(42)74-57/h1-40H. The van der Waals surface area contributed by atoms with Crippen molar-refractivity contribution in [2.75, 3.05) is 0 Å². The monoisotopic (exact) mass is 1020 g/mol. The number of pyridine rings is 6. The third-order valence-corrected chi connectivity index (χ3v) is 15.8. The van der Waals surface area contributed by atoms with E-state index in [-0.39, 0.29) is 0 Å². The molecule has 0 aliphatic rings. The molecule has 9 aromatic carbocycles. The lowest BCUT2D eigenvalue weighted by atomic mass is 9.94. The van der Waals surface area contributed by atoms with Crippen LogP contribution in [0.5, 0.6) is 0 Å². The second-order valence-corrected chi connectivity index (χ2v) is 20.5. The van der Waals surface area contributed by atoms with Gasteiger partial charge in [-0.2, -0.15) is 0 Å². The van der Waals surface area contributed by atoms with E-state index in [1.165, 1.54) is 0 Å². The SMILES string of the molecule is c1cc(-c2ccc3c(-c4cccc(-c5ccc6ccc7cccnc7c6n5)c4)c4oc5ccccc5c4nc3c2)cc(-c2ccc3ccc4ccc(-c5cccc(-c6c7ccccc7nc7c6oc6ccccc67)c5)nc4c3n2)c1. The normalized spacial score (nSPS) is 12.0. The van der Waals surface area contributed by atoms with Crippen molar-refractivity contribution in [2.45, 2.75) is 0 Å². The molecule has 8 aromatic heterocycles. The van der Waals surface area contributed by atoms with Crippen molar-refractivity contribution in [3.63, 3.8) is 0 Å². The van der Waals surface area contributed by atoms with Crippen LogP contribution in [0.4, 0.5) is 0 Å². The van der Waals surface area contributed by atoms with Gasteiger partial charge in [0.2, 0.25) is 0 Å². The van der Waals surface area contributed by atoms with E-state index in [1.54, 1.807) is 0 Å². The van der Waals surface area contributed by atoms with E-state index in [9.17, 15) is 0 Å². The van der Waals surface area contributed by atoms with Crippen LogP contribution in [-0.4, -0.2) is 29.9 Å². The maximum atomic E-state index is 6.72. The first-order valence-corrected chi connectivity index (χ1v) is 26.7. The zero-order chi connectivity index (χ0) is 52.4. The number of furan rings is 2. The van der Waals surface area contributed by atoms with Gasteiger partial charge in [0, 0.05) is 77.1 Å². The van der Waals surface area contributed by atoms with E-state index < -0.39 is 0 Å². The van der Waals surface area contributed by atoms with Crippen LogP contribution in [0, 0.1) is 0 Å². The second kappa shape index (κ2) is 17.3. The summed E-state index contributed by atoms with van der Waals surface area (Å²) in [6.45, 7) is 0. The minimum Gasteiger partial charge on any atom is -0.454 e. The van der Waals surface area contributed by atoms with E-state index in [0.717, 1.165) is 177 Å².